The Bertz CT molecular complexity index is 537. The Kier molecular flexibility index (Phi) is 8.42. The van der Waals surface area contributed by atoms with Gasteiger partial charge in [0.1, 0.15) is 5.76 Å². The zero-order chi connectivity index (χ0) is 18.8. The molecule has 1 aliphatic carbocycles. The van der Waals surface area contributed by atoms with Crippen LogP contribution in [0.5, 0.6) is 0 Å². The van der Waals surface area contributed by atoms with Gasteiger partial charge in [0, 0.05) is 31.8 Å². The Hall–Kier alpha value is -1.56. The molecule has 0 unspecified atom stereocenters. The molecule has 1 fully saturated rings. The molecule has 1 aromatic heterocycles. The van der Waals surface area contributed by atoms with Gasteiger partial charge in [0.25, 0.3) is 0 Å². The summed E-state index contributed by atoms with van der Waals surface area (Å²) in [5.74, 6) is 1.81. The summed E-state index contributed by atoms with van der Waals surface area (Å²) in [7, 11) is 0. The second kappa shape index (κ2) is 10.6. The molecule has 0 aliphatic heterocycles. The average molecular weight is 365 g/mol. The van der Waals surface area contributed by atoms with Crippen molar-refractivity contribution in [3.8, 4) is 0 Å². The Morgan fingerprint density at radius 2 is 2.00 bits per heavy atom. The van der Waals surface area contributed by atoms with Crippen LogP contribution < -0.4 is 10.6 Å². The third-order valence-electron chi connectivity index (χ3n) is 5.55. The summed E-state index contributed by atoms with van der Waals surface area (Å²) in [6.45, 7) is 8.83. The second-order valence-electron chi connectivity index (χ2n) is 7.56. The molecule has 0 amide bonds. The fraction of sp³-hybridized carbons (Fsp3) is 0.800. The summed E-state index contributed by atoms with van der Waals surface area (Å²) in [6, 6.07) is 0. The molecular formula is C20H36N4O2. The van der Waals surface area contributed by atoms with Crippen LogP contribution in [-0.4, -0.2) is 42.5 Å². The fourth-order valence-electron chi connectivity index (χ4n) is 3.95. The van der Waals surface area contributed by atoms with E-state index in [2.05, 4.69) is 22.7 Å². The lowest BCUT2D eigenvalue weighted by molar-refractivity contribution is 0.137. The van der Waals surface area contributed by atoms with Gasteiger partial charge < -0.3 is 20.3 Å². The number of nitrogens with one attached hydrogen (secondary N) is 2. The van der Waals surface area contributed by atoms with Crippen molar-refractivity contribution in [3.05, 3.63) is 17.0 Å². The third kappa shape index (κ3) is 6.01. The van der Waals surface area contributed by atoms with E-state index in [9.17, 15) is 5.11 Å². The minimum Gasteiger partial charge on any atom is -0.396 e. The molecule has 1 heterocycles. The zero-order valence-electron chi connectivity index (χ0n) is 16.7. The third-order valence-corrected chi connectivity index (χ3v) is 5.55. The molecule has 0 saturated heterocycles. The van der Waals surface area contributed by atoms with Crippen molar-refractivity contribution >= 4 is 5.96 Å². The van der Waals surface area contributed by atoms with Crippen molar-refractivity contribution in [2.45, 2.75) is 72.1 Å². The van der Waals surface area contributed by atoms with E-state index in [4.69, 9.17) is 9.52 Å². The molecule has 0 bridgehead atoms. The normalized spacial score (nSPS) is 17.3. The SMILES string of the molecule is CCNC(=NCC1(CCO)CCCCC1)NCCCc1c(C)noc1C. The molecule has 148 valence electrons. The molecule has 0 aromatic carbocycles. The molecule has 3 N–H and O–H groups in total. The van der Waals surface area contributed by atoms with Crippen LogP contribution in [0.15, 0.2) is 9.52 Å². The number of aliphatic imine (C=N–C) groups is 1. The van der Waals surface area contributed by atoms with Crippen molar-refractivity contribution in [3.63, 3.8) is 0 Å². The molecule has 26 heavy (non-hydrogen) atoms. The predicted molar refractivity (Wildman–Crippen MR) is 106 cm³/mol. The molecule has 2 rings (SSSR count). The maximum absolute atomic E-state index is 9.47. The Morgan fingerprint density at radius 3 is 2.62 bits per heavy atom. The Labute approximate surface area is 157 Å². The first-order valence-electron chi connectivity index (χ1n) is 10.1. The summed E-state index contributed by atoms with van der Waals surface area (Å²) >= 11 is 0. The maximum Gasteiger partial charge on any atom is 0.191 e. The number of aryl methyl sites for hydroxylation is 2. The van der Waals surface area contributed by atoms with Gasteiger partial charge in [-0.15, -0.1) is 0 Å². The van der Waals surface area contributed by atoms with E-state index in [-0.39, 0.29) is 12.0 Å². The van der Waals surface area contributed by atoms with Gasteiger partial charge in [-0.1, -0.05) is 24.4 Å². The first-order valence-corrected chi connectivity index (χ1v) is 10.1. The summed E-state index contributed by atoms with van der Waals surface area (Å²) in [5.41, 5.74) is 2.40. The Balaban J connectivity index is 1.85. The summed E-state index contributed by atoms with van der Waals surface area (Å²) < 4.78 is 5.22. The fourth-order valence-corrected chi connectivity index (χ4v) is 3.95. The topological polar surface area (TPSA) is 82.7 Å². The van der Waals surface area contributed by atoms with Gasteiger partial charge in [0.05, 0.1) is 5.69 Å². The van der Waals surface area contributed by atoms with Crippen LogP contribution in [0.2, 0.25) is 0 Å². The molecule has 6 nitrogen and oxygen atoms in total. The van der Waals surface area contributed by atoms with Crippen molar-refractivity contribution in [1.82, 2.24) is 15.8 Å². The highest BCUT2D eigenvalue weighted by Crippen LogP contribution is 2.39. The average Bonchev–Trinajstić information content (AvgIpc) is 2.96. The smallest absolute Gasteiger partial charge is 0.191 e. The first kappa shape index (κ1) is 20.7. The van der Waals surface area contributed by atoms with Gasteiger partial charge in [-0.05, 0) is 58.3 Å². The van der Waals surface area contributed by atoms with Gasteiger partial charge in [-0.3, -0.25) is 4.99 Å². The number of hydrogen-bond acceptors (Lipinski definition) is 4. The van der Waals surface area contributed by atoms with E-state index in [1.54, 1.807) is 0 Å². The molecule has 6 heteroatoms. The van der Waals surface area contributed by atoms with E-state index < -0.39 is 0 Å². The van der Waals surface area contributed by atoms with Crippen molar-refractivity contribution in [1.29, 1.82) is 0 Å². The zero-order valence-corrected chi connectivity index (χ0v) is 16.7. The van der Waals surface area contributed by atoms with Gasteiger partial charge in [-0.25, -0.2) is 0 Å². The number of aliphatic hydroxyl groups excluding tert-OH is 1. The lowest BCUT2D eigenvalue weighted by atomic mass is 9.72. The number of aliphatic hydroxyl groups is 1. The van der Waals surface area contributed by atoms with E-state index >= 15 is 0 Å². The van der Waals surface area contributed by atoms with Crippen molar-refractivity contribution < 1.29 is 9.63 Å². The quantitative estimate of drug-likeness (QED) is 0.356. The molecule has 1 aromatic rings. The maximum atomic E-state index is 9.47. The van der Waals surface area contributed by atoms with Gasteiger partial charge in [-0.2, -0.15) is 0 Å². The van der Waals surface area contributed by atoms with Crippen LogP contribution in [0.3, 0.4) is 0 Å². The molecule has 0 atom stereocenters. The van der Waals surface area contributed by atoms with Gasteiger partial charge in [0.2, 0.25) is 0 Å². The lowest BCUT2D eigenvalue weighted by Crippen LogP contribution is -2.39. The van der Waals surface area contributed by atoms with Crippen LogP contribution >= 0.6 is 0 Å². The van der Waals surface area contributed by atoms with E-state index in [1.807, 2.05) is 13.8 Å². The van der Waals surface area contributed by atoms with E-state index in [0.29, 0.717) is 0 Å². The number of hydrogen-bond donors (Lipinski definition) is 3. The van der Waals surface area contributed by atoms with E-state index in [0.717, 1.165) is 56.3 Å². The molecular weight excluding hydrogens is 328 g/mol. The molecule has 0 radical (unpaired) electrons. The summed E-state index contributed by atoms with van der Waals surface area (Å²) in [4.78, 5) is 4.85. The van der Waals surface area contributed by atoms with Gasteiger partial charge >= 0.3 is 0 Å². The molecule has 1 saturated carbocycles. The van der Waals surface area contributed by atoms with E-state index in [1.165, 1.54) is 37.7 Å². The highest BCUT2D eigenvalue weighted by molar-refractivity contribution is 5.79. The minimum absolute atomic E-state index is 0.187. The standard InChI is InChI=1S/C20H36N4O2/c1-4-21-19(22-13-8-9-18-16(2)24-26-17(18)3)23-15-20(12-14-25)10-6-5-7-11-20/h25H,4-15H2,1-3H3,(H2,21,22,23). The van der Waals surface area contributed by atoms with Crippen LogP contribution in [0.25, 0.3) is 0 Å². The van der Waals surface area contributed by atoms with Gasteiger partial charge in [0.15, 0.2) is 5.96 Å². The van der Waals surface area contributed by atoms with Crippen molar-refractivity contribution in [2.24, 2.45) is 10.4 Å². The highest BCUT2D eigenvalue weighted by Gasteiger charge is 2.31. The summed E-state index contributed by atoms with van der Waals surface area (Å²) in [6.07, 6.45) is 9.04. The number of aromatic nitrogens is 1. The molecule has 1 aliphatic rings. The van der Waals surface area contributed by atoms with Crippen LogP contribution in [0, 0.1) is 19.3 Å². The number of guanidine groups is 1. The largest absolute Gasteiger partial charge is 0.396 e. The van der Waals surface area contributed by atoms with Crippen LogP contribution in [0.1, 0.15) is 68.9 Å². The minimum atomic E-state index is 0.187. The van der Waals surface area contributed by atoms with Crippen molar-refractivity contribution in [2.75, 3.05) is 26.2 Å². The Morgan fingerprint density at radius 1 is 1.23 bits per heavy atom. The molecule has 0 spiro atoms. The van der Waals surface area contributed by atoms with Crippen LogP contribution in [0.4, 0.5) is 0 Å². The number of nitrogens with zero attached hydrogens (tertiary/aromatic N) is 2. The first-order chi connectivity index (χ1) is 12.6. The predicted octanol–water partition coefficient (Wildman–Crippen LogP) is 3.11. The van der Waals surface area contributed by atoms with Crippen LogP contribution in [-0.2, 0) is 6.42 Å². The summed E-state index contributed by atoms with van der Waals surface area (Å²) in [5, 5.41) is 20.3. The highest BCUT2D eigenvalue weighted by atomic mass is 16.5. The lowest BCUT2D eigenvalue weighted by Gasteiger charge is -2.35. The number of rotatable bonds is 9. The second-order valence-corrected chi connectivity index (χ2v) is 7.56. The monoisotopic (exact) mass is 364 g/mol.